The first-order valence-electron chi connectivity index (χ1n) is 6.07. The van der Waals surface area contributed by atoms with Gasteiger partial charge in [-0.3, -0.25) is 0 Å². The molecule has 1 aromatic heterocycles. The summed E-state index contributed by atoms with van der Waals surface area (Å²) in [6.45, 7) is 6.65. The van der Waals surface area contributed by atoms with Crippen molar-refractivity contribution in [2.45, 2.75) is 26.7 Å². The fourth-order valence-corrected chi connectivity index (χ4v) is 2.36. The number of nitrogen functional groups attached to an aromatic ring is 1. The molecule has 1 saturated heterocycles. The minimum Gasteiger partial charge on any atom is -0.373 e. The highest BCUT2D eigenvalue weighted by Gasteiger charge is 2.27. The van der Waals surface area contributed by atoms with Crippen LogP contribution in [-0.2, 0) is 0 Å². The second-order valence-electron chi connectivity index (χ2n) is 5.41. The minimum absolute atomic E-state index is 0.329. The quantitative estimate of drug-likeness (QED) is 0.817. The SMILES string of the molecule is CNc1cc(N2CCCC(C)(C)C2)nc(N)n1. The van der Waals surface area contributed by atoms with E-state index in [1.165, 1.54) is 12.8 Å². The van der Waals surface area contributed by atoms with Crippen LogP contribution in [0.3, 0.4) is 0 Å². The summed E-state index contributed by atoms with van der Waals surface area (Å²) in [5, 5.41) is 3.01. The van der Waals surface area contributed by atoms with Gasteiger partial charge in [0, 0.05) is 26.2 Å². The van der Waals surface area contributed by atoms with Crippen LogP contribution < -0.4 is 16.0 Å². The van der Waals surface area contributed by atoms with Gasteiger partial charge in [-0.25, -0.2) is 0 Å². The summed E-state index contributed by atoms with van der Waals surface area (Å²) in [5.74, 6) is 2.03. The van der Waals surface area contributed by atoms with E-state index in [4.69, 9.17) is 5.73 Å². The molecular weight excluding hydrogens is 214 g/mol. The molecule has 1 aliphatic heterocycles. The van der Waals surface area contributed by atoms with Crippen molar-refractivity contribution in [3.63, 3.8) is 0 Å². The lowest BCUT2D eigenvalue weighted by Gasteiger charge is -2.38. The molecule has 0 aromatic carbocycles. The van der Waals surface area contributed by atoms with Crippen molar-refractivity contribution >= 4 is 17.6 Å². The molecule has 0 radical (unpaired) electrons. The third kappa shape index (κ3) is 2.78. The fraction of sp³-hybridized carbons (Fsp3) is 0.667. The Hall–Kier alpha value is -1.52. The Labute approximate surface area is 102 Å². The summed E-state index contributed by atoms with van der Waals surface area (Å²) >= 11 is 0. The highest BCUT2D eigenvalue weighted by Crippen LogP contribution is 2.31. The van der Waals surface area contributed by atoms with Gasteiger partial charge in [0.15, 0.2) is 0 Å². The van der Waals surface area contributed by atoms with E-state index in [1.807, 2.05) is 13.1 Å². The van der Waals surface area contributed by atoms with Gasteiger partial charge in [-0.2, -0.15) is 9.97 Å². The maximum atomic E-state index is 5.72. The van der Waals surface area contributed by atoms with E-state index in [2.05, 4.69) is 34.0 Å². The van der Waals surface area contributed by atoms with E-state index < -0.39 is 0 Å². The van der Waals surface area contributed by atoms with Gasteiger partial charge in [-0.05, 0) is 18.3 Å². The second kappa shape index (κ2) is 4.39. The number of anilines is 3. The molecule has 5 nitrogen and oxygen atoms in total. The lowest BCUT2D eigenvalue weighted by molar-refractivity contribution is 0.292. The average Bonchev–Trinajstić information content (AvgIpc) is 2.27. The maximum Gasteiger partial charge on any atom is 0.223 e. The maximum absolute atomic E-state index is 5.72. The van der Waals surface area contributed by atoms with Crippen molar-refractivity contribution < 1.29 is 0 Å². The zero-order chi connectivity index (χ0) is 12.5. The molecule has 1 fully saturated rings. The second-order valence-corrected chi connectivity index (χ2v) is 5.41. The molecule has 0 aliphatic carbocycles. The van der Waals surface area contributed by atoms with Crippen LogP contribution in [0.1, 0.15) is 26.7 Å². The number of aromatic nitrogens is 2. The first kappa shape index (κ1) is 12.0. The molecular formula is C12H21N5. The van der Waals surface area contributed by atoms with Gasteiger partial charge in [-0.15, -0.1) is 0 Å². The largest absolute Gasteiger partial charge is 0.373 e. The number of nitrogens with one attached hydrogen (secondary N) is 1. The van der Waals surface area contributed by atoms with Crippen LogP contribution in [0.15, 0.2) is 6.07 Å². The van der Waals surface area contributed by atoms with E-state index in [1.54, 1.807) is 0 Å². The molecule has 2 heterocycles. The predicted molar refractivity (Wildman–Crippen MR) is 71.2 cm³/mol. The van der Waals surface area contributed by atoms with E-state index in [0.717, 1.165) is 24.7 Å². The molecule has 94 valence electrons. The summed E-state index contributed by atoms with van der Waals surface area (Å²) in [7, 11) is 1.84. The van der Waals surface area contributed by atoms with Crippen LogP contribution in [0.2, 0.25) is 0 Å². The molecule has 0 atom stereocenters. The Morgan fingerprint density at radius 1 is 1.41 bits per heavy atom. The van der Waals surface area contributed by atoms with E-state index >= 15 is 0 Å². The van der Waals surface area contributed by atoms with Crippen molar-refractivity contribution in [3.8, 4) is 0 Å². The molecule has 1 aromatic rings. The smallest absolute Gasteiger partial charge is 0.223 e. The first-order valence-corrected chi connectivity index (χ1v) is 6.07. The number of piperidine rings is 1. The molecule has 0 spiro atoms. The van der Waals surface area contributed by atoms with Crippen LogP contribution in [-0.4, -0.2) is 30.1 Å². The van der Waals surface area contributed by atoms with E-state index in [0.29, 0.717) is 11.4 Å². The Balaban J connectivity index is 2.24. The van der Waals surface area contributed by atoms with Gasteiger partial charge in [0.25, 0.3) is 0 Å². The van der Waals surface area contributed by atoms with E-state index in [-0.39, 0.29) is 0 Å². The number of nitrogens with two attached hydrogens (primary N) is 1. The summed E-state index contributed by atoms with van der Waals surface area (Å²) in [6.07, 6.45) is 2.47. The Morgan fingerprint density at radius 3 is 2.82 bits per heavy atom. The molecule has 3 N–H and O–H groups in total. The molecule has 0 saturated carbocycles. The Morgan fingerprint density at radius 2 is 2.18 bits per heavy atom. The van der Waals surface area contributed by atoms with Crippen molar-refractivity contribution in [3.05, 3.63) is 6.07 Å². The average molecular weight is 235 g/mol. The fourth-order valence-electron chi connectivity index (χ4n) is 2.36. The van der Waals surface area contributed by atoms with Crippen molar-refractivity contribution in [2.24, 2.45) is 5.41 Å². The monoisotopic (exact) mass is 235 g/mol. The van der Waals surface area contributed by atoms with Crippen LogP contribution in [0, 0.1) is 5.41 Å². The highest BCUT2D eigenvalue weighted by molar-refractivity contribution is 5.52. The summed E-state index contributed by atoms with van der Waals surface area (Å²) in [5.41, 5.74) is 6.07. The minimum atomic E-state index is 0.329. The van der Waals surface area contributed by atoms with Crippen molar-refractivity contribution in [1.29, 1.82) is 0 Å². The normalized spacial score (nSPS) is 19.1. The van der Waals surface area contributed by atoms with E-state index in [9.17, 15) is 0 Å². The number of hydrogen-bond donors (Lipinski definition) is 2. The van der Waals surface area contributed by atoms with Crippen LogP contribution >= 0.6 is 0 Å². The lowest BCUT2D eigenvalue weighted by atomic mass is 9.84. The lowest BCUT2D eigenvalue weighted by Crippen LogP contribution is -2.40. The van der Waals surface area contributed by atoms with Gasteiger partial charge in [0.2, 0.25) is 5.95 Å². The number of hydrogen-bond acceptors (Lipinski definition) is 5. The molecule has 5 heteroatoms. The summed E-state index contributed by atoms with van der Waals surface area (Å²) < 4.78 is 0. The van der Waals surface area contributed by atoms with Crippen LogP contribution in [0.5, 0.6) is 0 Å². The summed E-state index contributed by atoms with van der Waals surface area (Å²) in [6, 6.07) is 1.96. The molecule has 17 heavy (non-hydrogen) atoms. The van der Waals surface area contributed by atoms with Crippen LogP contribution in [0.25, 0.3) is 0 Å². The standard InChI is InChI=1S/C12H21N5/c1-12(2)5-4-6-17(8-12)10-7-9(14-3)15-11(13)16-10/h7H,4-6,8H2,1-3H3,(H3,13,14,15,16). The first-order chi connectivity index (χ1) is 8.00. The third-order valence-corrected chi connectivity index (χ3v) is 3.21. The van der Waals surface area contributed by atoms with Gasteiger partial charge in [0.05, 0.1) is 0 Å². The third-order valence-electron chi connectivity index (χ3n) is 3.21. The molecule has 2 rings (SSSR count). The van der Waals surface area contributed by atoms with Gasteiger partial charge in [-0.1, -0.05) is 13.8 Å². The van der Waals surface area contributed by atoms with Gasteiger partial charge in [0.1, 0.15) is 11.6 Å². The number of nitrogens with zero attached hydrogens (tertiary/aromatic N) is 3. The molecule has 1 aliphatic rings. The zero-order valence-electron chi connectivity index (χ0n) is 10.8. The molecule has 0 amide bonds. The Bertz CT molecular complexity index is 402. The summed E-state index contributed by atoms with van der Waals surface area (Å²) in [4.78, 5) is 10.7. The molecule has 0 bridgehead atoms. The number of rotatable bonds is 2. The predicted octanol–water partition coefficient (Wildman–Crippen LogP) is 1.73. The Kier molecular flexibility index (Phi) is 3.09. The molecule has 0 unspecified atom stereocenters. The van der Waals surface area contributed by atoms with Gasteiger partial charge < -0.3 is 16.0 Å². The van der Waals surface area contributed by atoms with Crippen molar-refractivity contribution in [2.75, 3.05) is 36.1 Å². The topological polar surface area (TPSA) is 67.1 Å². The van der Waals surface area contributed by atoms with Gasteiger partial charge >= 0.3 is 0 Å². The zero-order valence-corrected chi connectivity index (χ0v) is 10.8. The highest BCUT2D eigenvalue weighted by atomic mass is 15.2. The van der Waals surface area contributed by atoms with Crippen molar-refractivity contribution in [1.82, 2.24) is 9.97 Å². The van der Waals surface area contributed by atoms with Crippen LogP contribution in [0.4, 0.5) is 17.6 Å².